The van der Waals surface area contributed by atoms with E-state index in [0.29, 0.717) is 40.7 Å². The van der Waals surface area contributed by atoms with Crippen molar-refractivity contribution >= 4 is 44.2 Å². The van der Waals surface area contributed by atoms with Gasteiger partial charge in [0.2, 0.25) is 10.0 Å². The van der Waals surface area contributed by atoms with E-state index in [9.17, 15) is 13.2 Å². The lowest BCUT2D eigenvalue weighted by molar-refractivity contribution is 0.598. The molecule has 0 aromatic carbocycles. The molecule has 0 radical (unpaired) electrons. The Morgan fingerprint density at radius 2 is 2.11 bits per heavy atom. The van der Waals surface area contributed by atoms with E-state index in [0.717, 1.165) is 10.9 Å². The standard InChI is InChI=1S/C18H18ClN5O3S/c1-10(14-8-11-7-12(19)9-21-16(11)23-18(14)25)22-17-13-4-6-24(28(2,26)27)15(13)3-5-20-17/h3,5,7-10H,4,6H2,1-2H3,(H,20,22)(H,21,23,25)/t10-/m0/s1. The van der Waals surface area contributed by atoms with E-state index < -0.39 is 10.0 Å². The van der Waals surface area contributed by atoms with E-state index in [1.807, 2.05) is 6.92 Å². The van der Waals surface area contributed by atoms with Gasteiger partial charge in [-0.3, -0.25) is 9.10 Å². The Morgan fingerprint density at radius 3 is 2.86 bits per heavy atom. The Kier molecular flexibility index (Phi) is 4.51. The number of hydrogen-bond acceptors (Lipinski definition) is 6. The van der Waals surface area contributed by atoms with Gasteiger partial charge in [-0.25, -0.2) is 18.4 Å². The summed E-state index contributed by atoms with van der Waals surface area (Å²) in [4.78, 5) is 23.7. The Balaban J connectivity index is 1.70. The monoisotopic (exact) mass is 419 g/mol. The van der Waals surface area contributed by atoms with Crippen molar-refractivity contribution in [3.05, 3.63) is 57.1 Å². The zero-order valence-electron chi connectivity index (χ0n) is 15.2. The van der Waals surface area contributed by atoms with E-state index in [1.54, 1.807) is 24.4 Å². The lowest BCUT2D eigenvalue weighted by Crippen LogP contribution is -2.27. The number of aromatic nitrogens is 3. The third-order valence-corrected chi connectivity index (χ3v) is 6.16. The van der Waals surface area contributed by atoms with Crippen molar-refractivity contribution in [1.29, 1.82) is 0 Å². The molecule has 0 saturated carbocycles. The molecule has 10 heteroatoms. The van der Waals surface area contributed by atoms with Crippen molar-refractivity contribution in [3.63, 3.8) is 0 Å². The summed E-state index contributed by atoms with van der Waals surface area (Å²) in [7, 11) is -3.35. The first-order valence-corrected chi connectivity index (χ1v) is 10.9. The number of fused-ring (bicyclic) bond motifs is 2. The van der Waals surface area contributed by atoms with Crippen LogP contribution in [0.2, 0.25) is 5.02 Å². The summed E-state index contributed by atoms with van der Waals surface area (Å²) >= 11 is 6.00. The zero-order valence-corrected chi connectivity index (χ0v) is 16.8. The zero-order chi connectivity index (χ0) is 20.1. The number of H-pyrrole nitrogens is 1. The first kappa shape index (κ1) is 18.7. The van der Waals surface area contributed by atoms with Crippen molar-refractivity contribution in [2.45, 2.75) is 19.4 Å². The van der Waals surface area contributed by atoms with Gasteiger partial charge in [0.15, 0.2) is 0 Å². The molecule has 1 atom stereocenters. The molecule has 4 heterocycles. The molecule has 0 fully saturated rings. The van der Waals surface area contributed by atoms with Gasteiger partial charge in [0.25, 0.3) is 5.56 Å². The van der Waals surface area contributed by atoms with Gasteiger partial charge in [-0.15, -0.1) is 0 Å². The second-order valence-electron chi connectivity index (χ2n) is 6.75. The molecular formula is C18H18ClN5O3S. The first-order valence-electron chi connectivity index (χ1n) is 8.64. The predicted octanol–water partition coefficient (Wildman–Crippen LogP) is 2.47. The molecule has 1 aliphatic rings. The minimum Gasteiger partial charge on any atom is -0.363 e. The molecule has 8 nitrogen and oxygen atoms in total. The van der Waals surface area contributed by atoms with Gasteiger partial charge in [0.05, 0.1) is 23.0 Å². The van der Waals surface area contributed by atoms with Crippen LogP contribution < -0.4 is 15.2 Å². The second-order valence-corrected chi connectivity index (χ2v) is 9.10. The molecule has 146 valence electrons. The summed E-state index contributed by atoms with van der Waals surface area (Å²) < 4.78 is 25.3. The molecular weight excluding hydrogens is 402 g/mol. The van der Waals surface area contributed by atoms with Crippen LogP contribution in [0.4, 0.5) is 11.5 Å². The number of anilines is 2. The van der Waals surface area contributed by atoms with Crippen LogP contribution in [0, 0.1) is 0 Å². The molecule has 4 rings (SSSR count). The molecule has 28 heavy (non-hydrogen) atoms. The van der Waals surface area contributed by atoms with Gasteiger partial charge in [0.1, 0.15) is 11.5 Å². The summed E-state index contributed by atoms with van der Waals surface area (Å²) in [5, 5.41) is 4.45. The highest BCUT2D eigenvalue weighted by Gasteiger charge is 2.29. The maximum Gasteiger partial charge on any atom is 0.254 e. The quantitative estimate of drug-likeness (QED) is 0.672. The molecule has 0 unspecified atom stereocenters. The Morgan fingerprint density at radius 1 is 1.32 bits per heavy atom. The van der Waals surface area contributed by atoms with Crippen molar-refractivity contribution in [3.8, 4) is 0 Å². The van der Waals surface area contributed by atoms with Gasteiger partial charge < -0.3 is 10.3 Å². The Labute approximate surface area is 166 Å². The number of nitrogens with zero attached hydrogens (tertiary/aromatic N) is 3. The number of nitrogens with one attached hydrogen (secondary N) is 2. The van der Waals surface area contributed by atoms with Crippen LogP contribution in [0.15, 0.2) is 35.4 Å². The molecule has 2 N–H and O–H groups in total. The number of hydrogen-bond donors (Lipinski definition) is 2. The minimum atomic E-state index is -3.35. The highest BCUT2D eigenvalue weighted by molar-refractivity contribution is 7.92. The fraction of sp³-hybridized carbons (Fsp3) is 0.278. The number of rotatable bonds is 4. The number of aromatic amines is 1. The lowest BCUT2D eigenvalue weighted by atomic mass is 10.1. The fourth-order valence-electron chi connectivity index (χ4n) is 3.45. The molecule has 0 aliphatic carbocycles. The van der Waals surface area contributed by atoms with E-state index in [1.165, 1.54) is 16.8 Å². The van der Waals surface area contributed by atoms with Crippen LogP contribution in [-0.2, 0) is 16.4 Å². The smallest absolute Gasteiger partial charge is 0.254 e. The van der Waals surface area contributed by atoms with Gasteiger partial charge in [-0.05, 0) is 31.5 Å². The fourth-order valence-corrected chi connectivity index (χ4v) is 4.57. The summed E-state index contributed by atoms with van der Waals surface area (Å²) in [6.07, 6.45) is 4.78. The molecule has 3 aromatic rings. The lowest BCUT2D eigenvalue weighted by Gasteiger charge is -2.19. The minimum absolute atomic E-state index is 0.257. The average Bonchev–Trinajstić information content (AvgIpc) is 3.07. The van der Waals surface area contributed by atoms with Crippen LogP contribution in [0.5, 0.6) is 0 Å². The SMILES string of the molecule is C[C@H](Nc1nccc2c1CCN2S(C)(=O)=O)c1cc2cc(Cl)cnc2[nH]c1=O. The van der Waals surface area contributed by atoms with Crippen LogP contribution in [-0.4, -0.2) is 36.2 Å². The van der Waals surface area contributed by atoms with Crippen molar-refractivity contribution < 1.29 is 8.42 Å². The molecule has 0 spiro atoms. The molecule has 0 bridgehead atoms. The molecule has 0 saturated heterocycles. The van der Waals surface area contributed by atoms with E-state index in [-0.39, 0.29) is 11.6 Å². The maximum absolute atomic E-state index is 12.5. The maximum atomic E-state index is 12.5. The van der Waals surface area contributed by atoms with Crippen LogP contribution in [0.3, 0.4) is 0 Å². The Hall–Kier alpha value is -2.65. The largest absolute Gasteiger partial charge is 0.363 e. The van der Waals surface area contributed by atoms with Gasteiger partial charge >= 0.3 is 0 Å². The van der Waals surface area contributed by atoms with Crippen LogP contribution >= 0.6 is 11.6 Å². The van der Waals surface area contributed by atoms with Crippen molar-refractivity contribution in [2.24, 2.45) is 0 Å². The van der Waals surface area contributed by atoms with E-state index in [2.05, 4.69) is 20.3 Å². The van der Waals surface area contributed by atoms with Crippen molar-refractivity contribution in [1.82, 2.24) is 15.0 Å². The molecule has 0 amide bonds. The van der Waals surface area contributed by atoms with Gasteiger partial charge in [0, 0.05) is 35.5 Å². The van der Waals surface area contributed by atoms with Crippen molar-refractivity contribution in [2.75, 3.05) is 22.4 Å². The number of pyridine rings is 3. The molecule has 1 aliphatic heterocycles. The van der Waals surface area contributed by atoms with Gasteiger partial charge in [-0.1, -0.05) is 11.6 Å². The van der Waals surface area contributed by atoms with E-state index in [4.69, 9.17) is 11.6 Å². The normalized spacial score (nSPS) is 14.9. The second kappa shape index (κ2) is 6.75. The topological polar surface area (TPSA) is 108 Å². The third kappa shape index (κ3) is 3.31. The highest BCUT2D eigenvalue weighted by Crippen LogP contribution is 2.35. The Bertz CT molecular complexity index is 1240. The van der Waals surface area contributed by atoms with Crippen LogP contribution in [0.1, 0.15) is 24.1 Å². The average molecular weight is 420 g/mol. The third-order valence-electron chi connectivity index (χ3n) is 4.77. The summed E-state index contributed by atoms with van der Waals surface area (Å²) in [5.41, 5.74) is 2.16. The molecule has 3 aromatic heterocycles. The summed E-state index contributed by atoms with van der Waals surface area (Å²) in [5.74, 6) is 0.569. The number of halogens is 1. The number of sulfonamides is 1. The highest BCUT2D eigenvalue weighted by atomic mass is 35.5. The first-order chi connectivity index (χ1) is 13.2. The van der Waals surface area contributed by atoms with E-state index >= 15 is 0 Å². The van der Waals surface area contributed by atoms with Crippen LogP contribution in [0.25, 0.3) is 11.0 Å². The summed E-state index contributed by atoms with van der Waals surface area (Å²) in [6.45, 7) is 2.22. The summed E-state index contributed by atoms with van der Waals surface area (Å²) in [6, 6.07) is 4.81. The van der Waals surface area contributed by atoms with Gasteiger partial charge in [-0.2, -0.15) is 0 Å². The predicted molar refractivity (Wildman–Crippen MR) is 110 cm³/mol.